The number of carbonyl (C=O) groups is 1. The quantitative estimate of drug-likeness (QED) is 0.437. The van der Waals surface area contributed by atoms with Gasteiger partial charge in [-0.1, -0.05) is 22.6 Å². The zero-order valence-corrected chi connectivity index (χ0v) is 10.0. The fourth-order valence-electron chi connectivity index (χ4n) is 6.68. The lowest BCUT2D eigenvalue weighted by Crippen LogP contribution is -3.11. The number of ether oxygens (including phenoxy) is 1. The molecule has 0 N–H and O–H groups in total. The molecule has 74 valence electrons. The third kappa shape index (κ3) is 0.294. The van der Waals surface area contributed by atoms with Crippen molar-refractivity contribution in [3.8, 4) is 0 Å². The van der Waals surface area contributed by atoms with Crippen LogP contribution in [0.2, 0.25) is 0 Å². The number of esters is 1. The van der Waals surface area contributed by atoms with Gasteiger partial charge in [0.2, 0.25) is 0 Å². The lowest BCUT2D eigenvalue weighted by atomic mass is 8.92. The third-order valence-electron chi connectivity index (χ3n) is 6.63. The molecule has 0 saturated heterocycles. The maximum absolute atomic E-state index is 11.9. The molecule has 4 unspecified atom stereocenters. The largest absolute Gasteiger partial charge is 0.469 e. The molecule has 6 fully saturated rings. The zero-order valence-electron chi connectivity index (χ0n) is 7.87. The molecule has 0 aromatic rings. The molecule has 0 aromatic heterocycles. The molecule has 0 aromatic carbocycles. The van der Waals surface area contributed by atoms with Gasteiger partial charge >= 0.3 is 5.97 Å². The smallest absolute Gasteiger partial charge is 0.313 e. The summed E-state index contributed by atoms with van der Waals surface area (Å²) in [4.78, 5) is 11.9. The van der Waals surface area contributed by atoms with Crippen molar-refractivity contribution in [3.05, 3.63) is 0 Å². The average molecular weight is 302 g/mol. The van der Waals surface area contributed by atoms with Crippen molar-refractivity contribution in [2.45, 2.75) is 0 Å². The van der Waals surface area contributed by atoms with E-state index in [2.05, 4.69) is 22.6 Å². The van der Waals surface area contributed by atoms with E-state index in [1.807, 2.05) is 0 Å². The van der Waals surface area contributed by atoms with Gasteiger partial charge in [0.15, 0.2) is 0 Å². The Hall–Kier alpha value is 0.200. The molecule has 0 radical (unpaired) electrons. The minimum absolute atomic E-state index is 0.0533. The van der Waals surface area contributed by atoms with E-state index in [4.69, 9.17) is 4.74 Å². The Morgan fingerprint density at radius 1 is 1.29 bits per heavy atom. The molecule has 3 heteroatoms. The summed E-state index contributed by atoms with van der Waals surface area (Å²) >= 11 is 2.49. The molecule has 2 nitrogen and oxygen atoms in total. The molecule has 6 rings (SSSR count). The normalized spacial score (nSPS) is 77.0. The van der Waals surface area contributed by atoms with Crippen LogP contribution in [0, 0.1) is 46.3 Å². The van der Waals surface area contributed by atoms with Crippen LogP contribution in [0.3, 0.4) is 0 Å². The SMILES string of the molecule is COC(=O)C12C3C4C5C3C1(CI)C5C42. The highest BCUT2D eigenvalue weighted by Crippen LogP contribution is 3.10. The number of halogens is 1. The first-order chi connectivity index (χ1) is 6.78. The molecule has 6 aliphatic carbocycles. The number of rotatable bonds is 2. The van der Waals surface area contributed by atoms with Gasteiger partial charge in [-0.25, -0.2) is 0 Å². The van der Waals surface area contributed by atoms with Crippen LogP contribution in [0.5, 0.6) is 0 Å². The summed E-state index contributed by atoms with van der Waals surface area (Å²) in [6.45, 7) is 0. The van der Waals surface area contributed by atoms with Gasteiger partial charge in [0, 0.05) is 9.84 Å². The van der Waals surface area contributed by atoms with Gasteiger partial charge in [0.25, 0.3) is 0 Å². The number of alkyl halides is 1. The molecule has 6 saturated carbocycles. The lowest BCUT2D eigenvalue weighted by Gasteiger charge is -3.10. The number of hydrogen-bond acceptors (Lipinski definition) is 2. The minimum Gasteiger partial charge on any atom is -0.469 e. The van der Waals surface area contributed by atoms with E-state index in [-0.39, 0.29) is 11.4 Å². The van der Waals surface area contributed by atoms with Crippen molar-refractivity contribution in [2.24, 2.45) is 46.3 Å². The molecule has 0 spiro atoms. The molecule has 6 aliphatic rings. The summed E-state index contributed by atoms with van der Waals surface area (Å²) in [6, 6.07) is 0. The van der Waals surface area contributed by atoms with Crippen molar-refractivity contribution in [1.29, 1.82) is 0 Å². The van der Waals surface area contributed by atoms with Gasteiger partial charge in [0.05, 0.1) is 12.5 Å². The minimum atomic E-state index is 0.0533. The summed E-state index contributed by atoms with van der Waals surface area (Å²) in [5.41, 5.74) is 0.493. The Kier molecular flexibility index (Phi) is 0.846. The van der Waals surface area contributed by atoms with E-state index in [0.29, 0.717) is 5.41 Å². The molecule has 14 heavy (non-hydrogen) atoms. The average Bonchev–Trinajstić information content (AvgIpc) is 2.27. The molecule has 0 bridgehead atoms. The molecule has 0 aliphatic heterocycles. The first-order valence-electron chi connectivity index (χ1n) is 5.43. The topological polar surface area (TPSA) is 26.3 Å². The summed E-state index contributed by atoms with van der Waals surface area (Å²) in [5.74, 6) is 5.58. The van der Waals surface area contributed by atoms with Gasteiger partial charge in [-0.05, 0) is 35.5 Å². The maximum atomic E-state index is 11.9. The Labute approximate surface area is 95.9 Å². The van der Waals surface area contributed by atoms with Crippen LogP contribution < -0.4 is 0 Å². The Morgan fingerprint density at radius 2 is 1.86 bits per heavy atom. The summed E-state index contributed by atoms with van der Waals surface area (Å²) in [7, 11) is 1.56. The van der Waals surface area contributed by atoms with Gasteiger partial charge in [-0.3, -0.25) is 4.79 Å². The Morgan fingerprint density at radius 3 is 2.36 bits per heavy atom. The predicted octanol–water partition coefficient (Wildman–Crippen LogP) is 1.33. The fraction of sp³-hybridized carbons (Fsp3) is 0.909. The van der Waals surface area contributed by atoms with E-state index in [1.54, 1.807) is 7.11 Å². The van der Waals surface area contributed by atoms with Crippen LogP contribution in [0.4, 0.5) is 0 Å². The zero-order chi connectivity index (χ0) is 9.46. The number of carbonyl (C=O) groups excluding carboxylic acids is 1. The summed E-state index contributed by atoms with van der Waals surface area (Å²) in [5, 5.41) is 0. The van der Waals surface area contributed by atoms with Crippen LogP contribution in [-0.4, -0.2) is 17.5 Å². The van der Waals surface area contributed by atoms with Crippen LogP contribution in [0.15, 0.2) is 0 Å². The van der Waals surface area contributed by atoms with Crippen LogP contribution in [0.25, 0.3) is 0 Å². The van der Waals surface area contributed by atoms with Crippen molar-refractivity contribution in [3.63, 3.8) is 0 Å². The van der Waals surface area contributed by atoms with Gasteiger partial charge in [-0.2, -0.15) is 0 Å². The first kappa shape index (κ1) is 7.47. The first-order valence-corrected chi connectivity index (χ1v) is 6.95. The molecule has 0 heterocycles. The summed E-state index contributed by atoms with van der Waals surface area (Å²) in [6.07, 6.45) is 0. The van der Waals surface area contributed by atoms with Crippen molar-refractivity contribution < 1.29 is 9.53 Å². The number of hydrogen-bond donors (Lipinski definition) is 0. The van der Waals surface area contributed by atoms with Crippen LogP contribution in [-0.2, 0) is 9.53 Å². The maximum Gasteiger partial charge on any atom is 0.313 e. The summed E-state index contributed by atoms with van der Waals surface area (Å²) < 4.78 is 6.23. The monoisotopic (exact) mass is 302 g/mol. The second-order valence-electron chi connectivity index (χ2n) is 5.79. The van der Waals surface area contributed by atoms with Gasteiger partial charge in [0.1, 0.15) is 0 Å². The van der Waals surface area contributed by atoms with E-state index in [9.17, 15) is 4.79 Å². The Bertz CT molecular complexity index is 384. The molecule has 4 atom stereocenters. The Balaban J connectivity index is 1.68. The van der Waals surface area contributed by atoms with Crippen molar-refractivity contribution in [1.82, 2.24) is 0 Å². The highest BCUT2D eigenvalue weighted by Gasteiger charge is 3.12. The number of methoxy groups -OCH3 is 1. The lowest BCUT2D eigenvalue weighted by molar-refractivity contribution is -0.639. The van der Waals surface area contributed by atoms with Crippen LogP contribution >= 0.6 is 22.6 Å². The fourth-order valence-corrected chi connectivity index (χ4v) is 8.33. The third-order valence-corrected chi connectivity index (χ3v) is 7.89. The predicted molar refractivity (Wildman–Crippen MR) is 56.7 cm³/mol. The second-order valence-corrected chi connectivity index (χ2v) is 6.56. The molecule has 0 amide bonds. The van der Waals surface area contributed by atoms with E-state index in [0.717, 1.165) is 35.5 Å². The standard InChI is InChI=1S/C11H11IO2/c1-14-9(13)11-7-4-3-5(7)10(11,2-12)6(3)8(4)11/h3-8H,2H2,1H3. The van der Waals surface area contributed by atoms with Gasteiger partial charge in [-0.15, -0.1) is 0 Å². The molecular formula is C11H11IO2. The van der Waals surface area contributed by atoms with Gasteiger partial charge < -0.3 is 4.74 Å². The van der Waals surface area contributed by atoms with E-state index >= 15 is 0 Å². The second kappa shape index (κ2) is 1.59. The highest BCUT2D eigenvalue weighted by molar-refractivity contribution is 14.1. The molecular weight excluding hydrogens is 291 g/mol. The van der Waals surface area contributed by atoms with Crippen molar-refractivity contribution in [2.75, 3.05) is 11.5 Å². The van der Waals surface area contributed by atoms with E-state index < -0.39 is 0 Å². The highest BCUT2D eigenvalue weighted by atomic mass is 127. The van der Waals surface area contributed by atoms with E-state index in [1.165, 1.54) is 4.43 Å². The van der Waals surface area contributed by atoms with Crippen molar-refractivity contribution >= 4 is 28.6 Å². The van der Waals surface area contributed by atoms with Crippen LogP contribution in [0.1, 0.15) is 0 Å².